The Hall–Kier alpha value is -1.49. The van der Waals surface area contributed by atoms with E-state index >= 15 is 0 Å². The number of carbonyl (C=O) groups excluding carboxylic acids is 1. The predicted molar refractivity (Wildman–Crippen MR) is 57.2 cm³/mol. The zero-order valence-corrected chi connectivity index (χ0v) is 9.09. The first-order chi connectivity index (χ1) is 7.69. The van der Waals surface area contributed by atoms with Crippen LogP contribution in [0, 0.1) is 5.82 Å². The number of hydrogen-bond donors (Lipinski definition) is 2. The van der Waals surface area contributed by atoms with Crippen molar-refractivity contribution in [1.29, 1.82) is 0 Å². The Bertz CT molecular complexity index is 393. The molecular weight excluding hydrogens is 209 g/mol. The quantitative estimate of drug-likeness (QED) is 0.769. The molecule has 16 heavy (non-hydrogen) atoms. The van der Waals surface area contributed by atoms with Crippen molar-refractivity contribution in [2.75, 3.05) is 13.1 Å². The predicted octanol–water partition coefficient (Wildman–Crippen LogP) is 0.545. The molecule has 0 saturated carbocycles. The van der Waals surface area contributed by atoms with E-state index in [0.717, 1.165) is 6.20 Å². The van der Waals surface area contributed by atoms with E-state index in [2.05, 4.69) is 15.6 Å². The molecule has 1 aromatic rings. The standard InChI is InChI=1S/C11H14FN3O/c1-2-11(10(16)13-5-6-15-11)9-4-3-8(12)7-14-9/h3-4,7,15H,2,5-6H2,1H3,(H,13,16). The zero-order valence-electron chi connectivity index (χ0n) is 9.09. The first kappa shape index (κ1) is 11.0. The molecule has 5 heteroatoms. The molecule has 1 fully saturated rings. The highest BCUT2D eigenvalue weighted by Gasteiger charge is 2.41. The summed E-state index contributed by atoms with van der Waals surface area (Å²) in [5.74, 6) is -0.494. The largest absolute Gasteiger partial charge is 0.353 e. The van der Waals surface area contributed by atoms with Gasteiger partial charge in [-0.1, -0.05) is 6.92 Å². The van der Waals surface area contributed by atoms with Crippen LogP contribution in [0.5, 0.6) is 0 Å². The van der Waals surface area contributed by atoms with E-state index < -0.39 is 11.4 Å². The highest BCUT2D eigenvalue weighted by molar-refractivity contribution is 5.87. The number of carbonyl (C=O) groups is 1. The Kier molecular flexibility index (Phi) is 2.87. The van der Waals surface area contributed by atoms with Gasteiger partial charge in [0.1, 0.15) is 11.4 Å². The zero-order chi connectivity index (χ0) is 11.6. The molecule has 2 rings (SSSR count). The number of nitrogens with zero attached hydrogens (tertiary/aromatic N) is 1. The molecule has 0 bridgehead atoms. The summed E-state index contributed by atoms with van der Waals surface area (Å²) in [5.41, 5.74) is -0.250. The third-order valence-corrected chi connectivity index (χ3v) is 2.92. The Morgan fingerprint density at radius 3 is 2.88 bits per heavy atom. The van der Waals surface area contributed by atoms with Gasteiger partial charge in [-0.2, -0.15) is 0 Å². The molecule has 1 saturated heterocycles. The van der Waals surface area contributed by atoms with Gasteiger partial charge in [0.05, 0.1) is 11.9 Å². The Morgan fingerprint density at radius 2 is 2.31 bits per heavy atom. The van der Waals surface area contributed by atoms with Gasteiger partial charge in [-0.15, -0.1) is 0 Å². The van der Waals surface area contributed by atoms with Crippen LogP contribution in [0.2, 0.25) is 0 Å². The SMILES string of the molecule is CCC1(c2ccc(F)cn2)NCCNC1=O. The third kappa shape index (κ3) is 1.67. The molecule has 0 spiro atoms. The molecule has 1 unspecified atom stereocenters. The molecule has 4 nitrogen and oxygen atoms in total. The summed E-state index contributed by atoms with van der Waals surface area (Å²) in [6.07, 6.45) is 1.72. The third-order valence-electron chi connectivity index (χ3n) is 2.92. The van der Waals surface area contributed by atoms with Crippen molar-refractivity contribution >= 4 is 5.91 Å². The van der Waals surface area contributed by atoms with Crippen molar-refractivity contribution in [2.24, 2.45) is 0 Å². The molecule has 1 aliphatic rings. The van der Waals surface area contributed by atoms with Crippen LogP contribution in [0.15, 0.2) is 18.3 Å². The number of halogens is 1. The maximum Gasteiger partial charge on any atom is 0.246 e. The topological polar surface area (TPSA) is 54.0 Å². The van der Waals surface area contributed by atoms with E-state index in [1.165, 1.54) is 6.07 Å². The Labute approximate surface area is 93.3 Å². The molecule has 0 aromatic carbocycles. The lowest BCUT2D eigenvalue weighted by molar-refractivity contribution is -0.130. The van der Waals surface area contributed by atoms with Gasteiger partial charge in [0.25, 0.3) is 0 Å². The number of amides is 1. The minimum Gasteiger partial charge on any atom is -0.353 e. The second-order valence-corrected chi connectivity index (χ2v) is 3.80. The van der Waals surface area contributed by atoms with Crippen molar-refractivity contribution in [1.82, 2.24) is 15.6 Å². The van der Waals surface area contributed by atoms with Gasteiger partial charge >= 0.3 is 0 Å². The van der Waals surface area contributed by atoms with E-state index in [0.29, 0.717) is 25.2 Å². The van der Waals surface area contributed by atoms with Crippen LogP contribution in [0.3, 0.4) is 0 Å². The van der Waals surface area contributed by atoms with E-state index in [1.54, 1.807) is 6.07 Å². The molecule has 1 atom stereocenters. The van der Waals surface area contributed by atoms with Gasteiger partial charge in [0.15, 0.2) is 0 Å². The van der Waals surface area contributed by atoms with Crippen LogP contribution < -0.4 is 10.6 Å². The summed E-state index contributed by atoms with van der Waals surface area (Å²) in [6.45, 7) is 3.21. The van der Waals surface area contributed by atoms with Crippen LogP contribution in [0.4, 0.5) is 4.39 Å². The second-order valence-electron chi connectivity index (χ2n) is 3.80. The Morgan fingerprint density at radius 1 is 1.50 bits per heavy atom. The normalized spacial score (nSPS) is 25.2. The lowest BCUT2D eigenvalue weighted by Crippen LogP contribution is -2.60. The van der Waals surface area contributed by atoms with Gasteiger partial charge in [0.2, 0.25) is 5.91 Å². The molecular formula is C11H14FN3O. The van der Waals surface area contributed by atoms with Crippen LogP contribution in [-0.4, -0.2) is 24.0 Å². The number of rotatable bonds is 2. The van der Waals surface area contributed by atoms with Crippen molar-refractivity contribution < 1.29 is 9.18 Å². The van der Waals surface area contributed by atoms with E-state index in [1.807, 2.05) is 6.92 Å². The number of hydrogen-bond acceptors (Lipinski definition) is 3. The fraction of sp³-hybridized carbons (Fsp3) is 0.455. The van der Waals surface area contributed by atoms with Crippen LogP contribution in [0.1, 0.15) is 19.0 Å². The van der Waals surface area contributed by atoms with Gasteiger partial charge in [0, 0.05) is 13.1 Å². The van der Waals surface area contributed by atoms with Crippen molar-refractivity contribution in [3.05, 3.63) is 29.8 Å². The van der Waals surface area contributed by atoms with Crippen LogP contribution in [0.25, 0.3) is 0 Å². The number of pyridine rings is 1. The minimum atomic E-state index is -0.814. The van der Waals surface area contributed by atoms with Crippen molar-refractivity contribution in [3.8, 4) is 0 Å². The number of aromatic nitrogens is 1. The average Bonchev–Trinajstić information content (AvgIpc) is 2.31. The first-order valence-electron chi connectivity index (χ1n) is 5.34. The molecule has 2 N–H and O–H groups in total. The summed E-state index contributed by atoms with van der Waals surface area (Å²) < 4.78 is 12.8. The molecule has 1 aliphatic heterocycles. The maximum atomic E-state index is 12.8. The number of piperazine rings is 1. The summed E-state index contributed by atoms with van der Waals surface area (Å²) in [4.78, 5) is 15.9. The molecule has 2 heterocycles. The van der Waals surface area contributed by atoms with Gasteiger partial charge < -0.3 is 5.32 Å². The number of nitrogens with one attached hydrogen (secondary N) is 2. The molecule has 1 aromatic heterocycles. The molecule has 86 valence electrons. The lowest BCUT2D eigenvalue weighted by Gasteiger charge is -2.35. The Balaban J connectivity index is 2.40. The van der Waals surface area contributed by atoms with Crippen LogP contribution >= 0.6 is 0 Å². The lowest BCUT2D eigenvalue weighted by atomic mass is 9.88. The van der Waals surface area contributed by atoms with E-state index in [9.17, 15) is 9.18 Å². The molecule has 1 amide bonds. The summed E-state index contributed by atoms with van der Waals surface area (Å²) in [6, 6.07) is 2.88. The van der Waals surface area contributed by atoms with Gasteiger partial charge in [-0.25, -0.2) is 4.39 Å². The maximum absolute atomic E-state index is 12.8. The highest BCUT2D eigenvalue weighted by atomic mass is 19.1. The summed E-state index contributed by atoms with van der Waals surface area (Å²) in [7, 11) is 0. The summed E-state index contributed by atoms with van der Waals surface area (Å²) >= 11 is 0. The first-order valence-corrected chi connectivity index (χ1v) is 5.34. The van der Waals surface area contributed by atoms with Gasteiger partial charge in [-0.3, -0.25) is 15.1 Å². The smallest absolute Gasteiger partial charge is 0.246 e. The fourth-order valence-corrected chi connectivity index (χ4v) is 1.98. The fourth-order valence-electron chi connectivity index (χ4n) is 1.98. The van der Waals surface area contributed by atoms with Crippen molar-refractivity contribution in [3.63, 3.8) is 0 Å². The highest BCUT2D eigenvalue weighted by Crippen LogP contribution is 2.25. The second kappa shape index (κ2) is 4.17. The molecule has 0 radical (unpaired) electrons. The van der Waals surface area contributed by atoms with E-state index in [-0.39, 0.29) is 5.91 Å². The van der Waals surface area contributed by atoms with Crippen LogP contribution in [-0.2, 0) is 10.3 Å². The monoisotopic (exact) mass is 223 g/mol. The average molecular weight is 223 g/mol. The van der Waals surface area contributed by atoms with E-state index in [4.69, 9.17) is 0 Å². The molecule has 0 aliphatic carbocycles. The minimum absolute atomic E-state index is 0.0969. The summed E-state index contributed by atoms with van der Waals surface area (Å²) in [5, 5.41) is 5.97. The van der Waals surface area contributed by atoms with Gasteiger partial charge in [-0.05, 0) is 18.6 Å². The van der Waals surface area contributed by atoms with Crippen molar-refractivity contribution in [2.45, 2.75) is 18.9 Å².